The van der Waals surface area contributed by atoms with Crippen LogP contribution in [0.15, 0.2) is 49.2 Å². The second-order valence-corrected chi connectivity index (χ2v) is 3.23. The van der Waals surface area contributed by atoms with Gasteiger partial charge in [-0.1, -0.05) is 24.8 Å². The zero-order valence-electron chi connectivity index (χ0n) is 8.22. The predicted molar refractivity (Wildman–Crippen MR) is 61.4 cm³/mol. The highest BCUT2D eigenvalue weighted by atomic mass is 16.3. The SMILES string of the molecule is C=Cc1ccc(-c2cccc(O)c2)cn1. The van der Waals surface area contributed by atoms with Gasteiger partial charge < -0.3 is 5.11 Å². The Balaban J connectivity index is 2.41. The fourth-order valence-corrected chi connectivity index (χ4v) is 1.38. The van der Waals surface area contributed by atoms with Gasteiger partial charge in [0.25, 0.3) is 0 Å². The Morgan fingerprint density at radius 1 is 1.13 bits per heavy atom. The molecule has 0 aliphatic heterocycles. The van der Waals surface area contributed by atoms with Gasteiger partial charge in [0.2, 0.25) is 0 Å². The summed E-state index contributed by atoms with van der Waals surface area (Å²) >= 11 is 0. The minimum atomic E-state index is 0.264. The molecule has 15 heavy (non-hydrogen) atoms. The van der Waals surface area contributed by atoms with Gasteiger partial charge in [0.1, 0.15) is 5.75 Å². The van der Waals surface area contributed by atoms with Crippen LogP contribution in [0.3, 0.4) is 0 Å². The van der Waals surface area contributed by atoms with Crippen molar-refractivity contribution in [2.75, 3.05) is 0 Å². The summed E-state index contributed by atoms with van der Waals surface area (Å²) in [4.78, 5) is 4.20. The molecule has 0 aliphatic rings. The van der Waals surface area contributed by atoms with Crippen molar-refractivity contribution in [3.8, 4) is 16.9 Å². The van der Waals surface area contributed by atoms with E-state index in [9.17, 15) is 5.11 Å². The summed E-state index contributed by atoms with van der Waals surface area (Å²) in [5, 5.41) is 9.34. The molecule has 0 saturated carbocycles. The number of pyridine rings is 1. The Labute approximate surface area is 88.5 Å². The fourth-order valence-electron chi connectivity index (χ4n) is 1.38. The van der Waals surface area contributed by atoms with E-state index in [-0.39, 0.29) is 5.75 Å². The molecule has 0 bridgehead atoms. The highest BCUT2D eigenvalue weighted by molar-refractivity contribution is 5.64. The molecule has 2 aromatic rings. The first kappa shape index (κ1) is 9.46. The lowest BCUT2D eigenvalue weighted by Gasteiger charge is -2.01. The van der Waals surface area contributed by atoms with E-state index < -0.39 is 0 Å². The molecule has 2 nitrogen and oxygen atoms in total. The lowest BCUT2D eigenvalue weighted by atomic mass is 10.1. The van der Waals surface area contributed by atoms with Crippen LogP contribution in [-0.4, -0.2) is 10.1 Å². The molecule has 2 heteroatoms. The van der Waals surface area contributed by atoms with Gasteiger partial charge in [-0.25, -0.2) is 0 Å². The van der Waals surface area contributed by atoms with Crippen molar-refractivity contribution in [2.45, 2.75) is 0 Å². The van der Waals surface area contributed by atoms with Crippen LogP contribution in [0.5, 0.6) is 5.75 Å². The molecular formula is C13H11NO. The predicted octanol–water partition coefficient (Wildman–Crippen LogP) is 3.10. The molecule has 1 aromatic carbocycles. The number of rotatable bonds is 2. The summed E-state index contributed by atoms with van der Waals surface area (Å²) in [6.45, 7) is 3.64. The number of aromatic nitrogens is 1. The largest absolute Gasteiger partial charge is 0.508 e. The molecule has 2 rings (SSSR count). The van der Waals surface area contributed by atoms with E-state index in [1.807, 2.05) is 24.3 Å². The summed E-state index contributed by atoms with van der Waals surface area (Å²) in [5.41, 5.74) is 2.79. The van der Waals surface area contributed by atoms with Crippen LogP contribution in [0.25, 0.3) is 17.2 Å². The third kappa shape index (κ3) is 2.05. The average molecular weight is 197 g/mol. The molecule has 1 heterocycles. The quantitative estimate of drug-likeness (QED) is 0.802. The minimum absolute atomic E-state index is 0.264. The van der Waals surface area contributed by atoms with E-state index in [4.69, 9.17) is 0 Å². The van der Waals surface area contributed by atoms with E-state index in [0.717, 1.165) is 16.8 Å². The van der Waals surface area contributed by atoms with Gasteiger partial charge in [-0.15, -0.1) is 0 Å². The van der Waals surface area contributed by atoms with Crippen molar-refractivity contribution in [3.05, 3.63) is 54.9 Å². The molecule has 1 N–H and O–H groups in total. The van der Waals surface area contributed by atoms with Crippen LogP contribution in [0.2, 0.25) is 0 Å². The number of nitrogens with zero attached hydrogens (tertiary/aromatic N) is 1. The second kappa shape index (κ2) is 3.96. The first-order valence-electron chi connectivity index (χ1n) is 4.67. The maximum Gasteiger partial charge on any atom is 0.116 e. The van der Waals surface area contributed by atoms with Crippen molar-refractivity contribution >= 4 is 6.08 Å². The molecule has 0 amide bonds. The Hall–Kier alpha value is -2.09. The zero-order chi connectivity index (χ0) is 10.7. The number of phenols is 1. The van der Waals surface area contributed by atoms with Gasteiger partial charge >= 0.3 is 0 Å². The van der Waals surface area contributed by atoms with Gasteiger partial charge in [-0.2, -0.15) is 0 Å². The zero-order valence-corrected chi connectivity index (χ0v) is 8.22. The number of hydrogen-bond donors (Lipinski definition) is 1. The maximum absolute atomic E-state index is 9.34. The normalized spacial score (nSPS) is 9.87. The minimum Gasteiger partial charge on any atom is -0.508 e. The van der Waals surface area contributed by atoms with E-state index in [1.54, 1.807) is 24.4 Å². The van der Waals surface area contributed by atoms with E-state index >= 15 is 0 Å². The van der Waals surface area contributed by atoms with E-state index in [0.29, 0.717) is 0 Å². The Bertz CT molecular complexity index is 474. The highest BCUT2D eigenvalue weighted by Crippen LogP contribution is 2.22. The van der Waals surface area contributed by atoms with Crippen LogP contribution in [0.4, 0.5) is 0 Å². The van der Waals surface area contributed by atoms with Gasteiger partial charge in [0, 0.05) is 11.8 Å². The topological polar surface area (TPSA) is 33.1 Å². The first-order valence-corrected chi connectivity index (χ1v) is 4.67. The molecule has 0 atom stereocenters. The summed E-state index contributed by atoms with van der Waals surface area (Å²) in [6, 6.07) is 11.0. The third-order valence-electron chi connectivity index (χ3n) is 2.17. The molecule has 0 unspecified atom stereocenters. The summed E-state index contributed by atoms with van der Waals surface area (Å²) in [7, 11) is 0. The average Bonchev–Trinajstić information content (AvgIpc) is 2.29. The molecule has 74 valence electrons. The summed E-state index contributed by atoms with van der Waals surface area (Å²) in [5.74, 6) is 0.264. The number of phenolic OH excluding ortho intramolecular Hbond substituents is 1. The van der Waals surface area contributed by atoms with Crippen molar-refractivity contribution < 1.29 is 5.11 Å². The molecule has 0 radical (unpaired) electrons. The lowest BCUT2D eigenvalue weighted by molar-refractivity contribution is 0.475. The van der Waals surface area contributed by atoms with Crippen LogP contribution < -0.4 is 0 Å². The van der Waals surface area contributed by atoms with Crippen LogP contribution >= 0.6 is 0 Å². The van der Waals surface area contributed by atoms with Gasteiger partial charge in [-0.3, -0.25) is 4.98 Å². The Morgan fingerprint density at radius 3 is 2.60 bits per heavy atom. The number of aromatic hydroxyl groups is 1. The molecule has 1 aromatic heterocycles. The summed E-state index contributed by atoms with van der Waals surface area (Å²) in [6.07, 6.45) is 3.47. The Kier molecular flexibility index (Phi) is 2.50. The van der Waals surface area contributed by atoms with Crippen LogP contribution in [0, 0.1) is 0 Å². The monoisotopic (exact) mass is 197 g/mol. The first-order chi connectivity index (χ1) is 7.29. The van der Waals surface area contributed by atoms with Crippen molar-refractivity contribution in [1.29, 1.82) is 0 Å². The van der Waals surface area contributed by atoms with E-state index in [2.05, 4.69) is 11.6 Å². The van der Waals surface area contributed by atoms with Gasteiger partial charge in [-0.05, 0) is 29.8 Å². The molecule has 0 fully saturated rings. The van der Waals surface area contributed by atoms with Crippen LogP contribution in [0.1, 0.15) is 5.69 Å². The van der Waals surface area contributed by atoms with Crippen molar-refractivity contribution in [3.63, 3.8) is 0 Å². The van der Waals surface area contributed by atoms with E-state index in [1.165, 1.54) is 0 Å². The van der Waals surface area contributed by atoms with Crippen LogP contribution in [-0.2, 0) is 0 Å². The number of hydrogen-bond acceptors (Lipinski definition) is 2. The second-order valence-electron chi connectivity index (χ2n) is 3.23. The Morgan fingerprint density at radius 2 is 2.00 bits per heavy atom. The summed E-state index contributed by atoms with van der Waals surface area (Å²) < 4.78 is 0. The van der Waals surface area contributed by atoms with Gasteiger partial charge in [0.05, 0.1) is 5.69 Å². The molecule has 0 aliphatic carbocycles. The molecule has 0 spiro atoms. The highest BCUT2D eigenvalue weighted by Gasteiger charge is 1.98. The fraction of sp³-hybridized carbons (Fsp3) is 0. The van der Waals surface area contributed by atoms with Gasteiger partial charge in [0.15, 0.2) is 0 Å². The smallest absolute Gasteiger partial charge is 0.116 e. The number of benzene rings is 1. The third-order valence-corrected chi connectivity index (χ3v) is 2.17. The molecule has 0 saturated heterocycles. The standard InChI is InChI=1S/C13H11NO/c1-2-12-7-6-11(9-14-12)10-4-3-5-13(15)8-10/h2-9,15H,1H2. The lowest BCUT2D eigenvalue weighted by Crippen LogP contribution is -1.82. The van der Waals surface area contributed by atoms with Crippen molar-refractivity contribution in [1.82, 2.24) is 4.98 Å². The maximum atomic E-state index is 9.34. The van der Waals surface area contributed by atoms with Crippen molar-refractivity contribution in [2.24, 2.45) is 0 Å². The molecular weight excluding hydrogens is 186 g/mol.